The van der Waals surface area contributed by atoms with Crippen molar-refractivity contribution in [3.05, 3.63) is 83.7 Å². The zero-order chi connectivity index (χ0) is 21.3. The van der Waals surface area contributed by atoms with E-state index in [1.165, 1.54) is 11.8 Å². The number of rotatable bonds is 10. The van der Waals surface area contributed by atoms with Gasteiger partial charge in [-0.2, -0.15) is 0 Å². The normalized spacial score (nSPS) is 10.7. The topological polar surface area (TPSA) is 69.0 Å². The van der Waals surface area contributed by atoms with Crippen molar-refractivity contribution >= 4 is 29.0 Å². The second-order valence-electron chi connectivity index (χ2n) is 6.66. The van der Waals surface area contributed by atoms with Crippen molar-refractivity contribution in [2.75, 3.05) is 18.9 Å². The van der Waals surface area contributed by atoms with Gasteiger partial charge in [0.25, 0.3) is 0 Å². The van der Waals surface area contributed by atoms with Crippen LogP contribution in [0, 0.1) is 0 Å². The second-order valence-corrected chi connectivity index (χ2v) is 8.55. The molecule has 0 aliphatic heterocycles. The molecule has 1 amide bonds. The minimum atomic E-state index is -0.0615. The first-order chi connectivity index (χ1) is 15.3. The van der Waals surface area contributed by atoms with Gasteiger partial charge in [0.2, 0.25) is 5.91 Å². The van der Waals surface area contributed by atoms with Gasteiger partial charge in [-0.25, -0.2) is 0 Å². The number of hydrogen-bond donors (Lipinski definition) is 1. The summed E-state index contributed by atoms with van der Waals surface area (Å²) in [7, 11) is 0. The third-order valence-corrected chi connectivity index (χ3v) is 6.24. The predicted octanol–water partition coefficient (Wildman–Crippen LogP) is 4.34. The van der Waals surface area contributed by atoms with E-state index >= 15 is 0 Å². The van der Waals surface area contributed by atoms with Gasteiger partial charge >= 0.3 is 0 Å². The third-order valence-electron chi connectivity index (χ3n) is 4.41. The number of thiophene rings is 1. The van der Waals surface area contributed by atoms with Crippen LogP contribution in [0.4, 0.5) is 0 Å². The van der Waals surface area contributed by atoms with Gasteiger partial charge in [-0.15, -0.1) is 21.5 Å². The van der Waals surface area contributed by atoms with Crippen LogP contribution in [0.2, 0.25) is 0 Å². The lowest BCUT2D eigenvalue weighted by Crippen LogP contribution is -2.29. The SMILES string of the molecule is O=C(CSc1nnc(-c2cccs2)n1Cc1ccccc1)NCCOc1ccccc1. The highest BCUT2D eigenvalue weighted by molar-refractivity contribution is 7.99. The molecule has 0 bridgehead atoms. The number of ether oxygens (including phenoxy) is 1. The molecule has 31 heavy (non-hydrogen) atoms. The number of thioether (sulfide) groups is 1. The van der Waals surface area contributed by atoms with E-state index in [2.05, 4.69) is 32.2 Å². The molecule has 2 heterocycles. The molecule has 0 saturated heterocycles. The Morgan fingerprint density at radius 3 is 2.52 bits per heavy atom. The van der Waals surface area contributed by atoms with Crippen LogP contribution in [0.3, 0.4) is 0 Å². The lowest BCUT2D eigenvalue weighted by molar-refractivity contribution is -0.118. The molecule has 0 radical (unpaired) electrons. The molecule has 0 atom stereocenters. The molecule has 4 aromatic rings. The minimum absolute atomic E-state index is 0.0615. The van der Waals surface area contributed by atoms with E-state index < -0.39 is 0 Å². The standard InChI is InChI=1S/C23H22N4O2S2/c28-21(24-13-14-29-19-10-5-2-6-11-19)17-31-23-26-25-22(20-12-7-15-30-20)27(23)16-18-8-3-1-4-9-18/h1-12,15H,13-14,16-17H2,(H,24,28). The molecule has 0 unspecified atom stereocenters. The van der Waals surface area contributed by atoms with Gasteiger partial charge in [0.05, 0.1) is 23.7 Å². The third kappa shape index (κ3) is 5.96. The van der Waals surface area contributed by atoms with Gasteiger partial charge in [0, 0.05) is 0 Å². The lowest BCUT2D eigenvalue weighted by Gasteiger charge is -2.10. The van der Waals surface area contributed by atoms with Gasteiger partial charge < -0.3 is 10.1 Å². The van der Waals surface area contributed by atoms with Gasteiger partial charge in [-0.3, -0.25) is 9.36 Å². The number of nitrogens with zero attached hydrogens (tertiary/aromatic N) is 3. The molecular formula is C23H22N4O2S2. The number of hydrogen-bond acceptors (Lipinski definition) is 6. The summed E-state index contributed by atoms with van der Waals surface area (Å²) >= 11 is 3.01. The Labute approximate surface area is 189 Å². The van der Waals surface area contributed by atoms with Gasteiger partial charge in [0.15, 0.2) is 11.0 Å². The van der Waals surface area contributed by atoms with Crippen molar-refractivity contribution in [1.82, 2.24) is 20.1 Å². The van der Waals surface area contributed by atoms with Crippen molar-refractivity contribution < 1.29 is 9.53 Å². The first-order valence-electron chi connectivity index (χ1n) is 9.88. The monoisotopic (exact) mass is 450 g/mol. The van der Waals surface area contributed by atoms with Crippen molar-refractivity contribution in [3.63, 3.8) is 0 Å². The summed E-state index contributed by atoms with van der Waals surface area (Å²) in [4.78, 5) is 13.3. The number of para-hydroxylation sites is 1. The average Bonchev–Trinajstić information content (AvgIpc) is 3.47. The molecule has 0 saturated carbocycles. The van der Waals surface area contributed by atoms with Crippen LogP contribution in [0.15, 0.2) is 83.3 Å². The lowest BCUT2D eigenvalue weighted by atomic mass is 10.2. The fourth-order valence-corrected chi connectivity index (χ4v) is 4.43. The molecule has 8 heteroatoms. The smallest absolute Gasteiger partial charge is 0.230 e. The Kier molecular flexibility index (Phi) is 7.36. The summed E-state index contributed by atoms with van der Waals surface area (Å²) in [5.41, 5.74) is 1.16. The fraction of sp³-hybridized carbons (Fsp3) is 0.174. The maximum absolute atomic E-state index is 12.3. The highest BCUT2D eigenvalue weighted by atomic mass is 32.2. The summed E-state index contributed by atoms with van der Waals surface area (Å²) in [6.45, 7) is 1.52. The van der Waals surface area contributed by atoms with E-state index in [1.54, 1.807) is 11.3 Å². The molecular weight excluding hydrogens is 428 g/mol. The number of nitrogens with one attached hydrogen (secondary N) is 1. The van der Waals surface area contributed by atoms with Gasteiger partial charge in [0.1, 0.15) is 12.4 Å². The molecule has 158 valence electrons. The maximum atomic E-state index is 12.3. The Balaban J connectivity index is 1.34. The van der Waals surface area contributed by atoms with Crippen LogP contribution in [0.1, 0.15) is 5.56 Å². The summed E-state index contributed by atoms with van der Waals surface area (Å²) in [6.07, 6.45) is 0. The number of aromatic nitrogens is 3. The van der Waals surface area contributed by atoms with Crippen molar-refractivity contribution in [2.24, 2.45) is 0 Å². The first kappa shape index (κ1) is 21.1. The van der Waals surface area contributed by atoms with Crippen molar-refractivity contribution in [3.8, 4) is 16.5 Å². The van der Waals surface area contributed by atoms with Crippen molar-refractivity contribution in [2.45, 2.75) is 11.7 Å². The van der Waals surface area contributed by atoms with E-state index in [0.29, 0.717) is 19.7 Å². The molecule has 2 aromatic carbocycles. The van der Waals surface area contributed by atoms with E-state index in [9.17, 15) is 4.79 Å². The van der Waals surface area contributed by atoms with Crippen LogP contribution in [-0.2, 0) is 11.3 Å². The summed E-state index contributed by atoms with van der Waals surface area (Å²) < 4.78 is 7.67. The van der Waals surface area contributed by atoms with Crippen molar-refractivity contribution in [1.29, 1.82) is 0 Å². The second kappa shape index (κ2) is 10.8. The Morgan fingerprint density at radius 1 is 1.00 bits per heavy atom. The quantitative estimate of drug-likeness (QED) is 0.287. The molecule has 2 aromatic heterocycles. The van der Waals surface area contributed by atoms with Crippen LogP contribution in [-0.4, -0.2) is 39.6 Å². The summed E-state index contributed by atoms with van der Waals surface area (Å²) in [5.74, 6) is 1.82. The van der Waals surface area contributed by atoms with Crippen LogP contribution < -0.4 is 10.1 Å². The Hall–Kier alpha value is -3.10. The summed E-state index contributed by atoms with van der Waals surface area (Å²) in [5, 5.41) is 14.4. The van der Waals surface area contributed by atoms with E-state index in [0.717, 1.165) is 27.2 Å². The molecule has 4 rings (SSSR count). The molecule has 0 spiro atoms. The molecule has 0 aliphatic rings. The number of carbonyl (C=O) groups excluding carboxylic acids is 1. The number of amides is 1. The molecule has 6 nitrogen and oxygen atoms in total. The first-order valence-corrected chi connectivity index (χ1v) is 11.7. The van der Waals surface area contributed by atoms with Gasteiger partial charge in [-0.05, 0) is 29.1 Å². The molecule has 0 aliphatic carbocycles. The van der Waals surface area contributed by atoms with Crippen LogP contribution >= 0.6 is 23.1 Å². The number of benzene rings is 2. The molecule has 0 fully saturated rings. The Morgan fingerprint density at radius 2 is 1.77 bits per heavy atom. The highest BCUT2D eigenvalue weighted by Gasteiger charge is 2.16. The minimum Gasteiger partial charge on any atom is -0.492 e. The molecule has 1 N–H and O–H groups in total. The largest absolute Gasteiger partial charge is 0.492 e. The van der Waals surface area contributed by atoms with E-state index in [-0.39, 0.29) is 11.7 Å². The van der Waals surface area contributed by atoms with Crippen LogP contribution in [0.5, 0.6) is 5.75 Å². The highest BCUT2D eigenvalue weighted by Crippen LogP contribution is 2.28. The zero-order valence-corrected chi connectivity index (χ0v) is 18.4. The zero-order valence-electron chi connectivity index (χ0n) is 16.8. The number of carbonyl (C=O) groups is 1. The fourth-order valence-electron chi connectivity index (χ4n) is 2.95. The van der Waals surface area contributed by atoms with E-state index in [1.807, 2.05) is 66.0 Å². The van der Waals surface area contributed by atoms with Gasteiger partial charge in [-0.1, -0.05) is 66.4 Å². The Bertz CT molecular complexity index is 1080. The predicted molar refractivity (Wildman–Crippen MR) is 125 cm³/mol. The average molecular weight is 451 g/mol. The maximum Gasteiger partial charge on any atom is 0.230 e. The van der Waals surface area contributed by atoms with Crippen LogP contribution in [0.25, 0.3) is 10.7 Å². The summed E-state index contributed by atoms with van der Waals surface area (Å²) in [6, 6.07) is 23.8. The van der Waals surface area contributed by atoms with E-state index in [4.69, 9.17) is 4.74 Å².